The first-order valence-electron chi connectivity index (χ1n) is 8.28. The van der Waals surface area contributed by atoms with Gasteiger partial charge in [-0.25, -0.2) is 4.98 Å². The minimum absolute atomic E-state index is 0.553. The number of aromatic nitrogens is 1. The lowest BCUT2D eigenvalue weighted by Crippen LogP contribution is -2.45. The Labute approximate surface area is 136 Å². The summed E-state index contributed by atoms with van der Waals surface area (Å²) in [6.07, 6.45) is 1.57. The molecular weight excluding hydrogens is 298 g/mol. The molecule has 3 rings (SSSR count). The summed E-state index contributed by atoms with van der Waals surface area (Å²) in [4.78, 5) is 9.54. The number of aliphatic hydroxyl groups is 1. The molecule has 2 fully saturated rings. The molecule has 22 heavy (non-hydrogen) atoms. The fraction of sp³-hybridized carbons (Fsp3) is 0.812. The molecule has 0 radical (unpaired) electrons. The van der Waals surface area contributed by atoms with E-state index in [2.05, 4.69) is 29.0 Å². The second-order valence-corrected chi connectivity index (χ2v) is 7.62. The highest BCUT2D eigenvalue weighted by molar-refractivity contribution is 7.09. The van der Waals surface area contributed by atoms with Gasteiger partial charge in [-0.15, -0.1) is 11.3 Å². The van der Waals surface area contributed by atoms with Gasteiger partial charge in [0.2, 0.25) is 0 Å². The quantitative estimate of drug-likeness (QED) is 0.912. The lowest BCUT2D eigenvalue weighted by molar-refractivity contribution is -0.0353. The minimum atomic E-state index is -0.731. The van der Waals surface area contributed by atoms with Crippen LogP contribution in [0.2, 0.25) is 0 Å². The number of ether oxygens (including phenoxy) is 1. The highest BCUT2D eigenvalue weighted by Crippen LogP contribution is 2.34. The van der Waals surface area contributed by atoms with Crippen LogP contribution in [0, 0.1) is 0 Å². The summed E-state index contributed by atoms with van der Waals surface area (Å²) in [7, 11) is 0. The zero-order valence-corrected chi connectivity index (χ0v) is 14.4. The van der Waals surface area contributed by atoms with Crippen LogP contribution in [0.5, 0.6) is 0 Å². The Bertz CT molecular complexity index is 477. The van der Waals surface area contributed by atoms with E-state index in [1.807, 2.05) is 0 Å². The van der Waals surface area contributed by atoms with Gasteiger partial charge in [0, 0.05) is 37.6 Å². The zero-order chi connectivity index (χ0) is 15.6. The van der Waals surface area contributed by atoms with E-state index in [1.54, 1.807) is 11.3 Å². The highest BCUT2D eigenvalue weighted by Gasteiger charge is 2.36. The fourth-order valence-electron chi connectivity index (χ4n) is 3.21. The molecule has 2 aliphatic rings. The number of piperidine rings is 1. The third-order valence-corrected chi connectivity index (χ3v) is 5.68. The van der Waals surface area contributed by atoms with Crippen molar-refractivity contribution in [2.75, 3.05) is 39.4 Å². The first-order chi connectivity index (χ1) is 10.6. The van der Waals surface area contributed by atoms with Crippen molar-refractivity contribution < 1.29 is 9.84 Å². The molecule has 1 aromatic heterocycles. The average molecular weight is 325 g/mol. The normalized spacial score (nSPS) is 24.0. The molecule has 3 heterocycles. The Morgan fingerprint density at radius 3 is 2.59 bits per heavy atom. The van der Waals surface area contributed by atoms with Crippen molar-refractivity contribution in [3.8, 4) is 0 Å². The van der Waals surface area contributed by atoms with Crippen molar-refractivity contribution in [2.45, 2.75) is 44.9 Å². The van der Waals surface area contributed by atoms with Crippen molar-refractivity contribution in [3.63, 3.8) is 0 Å². The summed E-state index contributed by atoms with van der Waals surface area (Å²) in [6.45, 7) is 10.8. The third kappa shape index (κ3) is 3.68. The van der Waals surface area contributed by atoms with Gasteiger partial charge in [0.1, 0.15) is 10.6 Å². The molecule has 0 unspecified atom stereocenters. The summed E-state index contributed by atoms with van der Waals surface area (Å²) >= 11 is 1.68. The van der Waals surface area contributed by atoms with Crippen LogP contribution in [-0.4, -0.2) is 65.3 Å². The van der Waals surface area contributed by atoms with Gasteiger partial charge >= 0.3 is 0 Å². The smallest absolute Gasteiger partial charge is 0.110 e. The fourth-order valence-corrected chi connectivity index (χ4v) is 4.14. The van der Waals surface area contributed by atoms with Crippen molar-refractivity contribution in [1.29, 1.82) is 0 Å². The number of morpholine rings is 1. The van der Waals surface area contributed by atoms with Crippen LogP contribution in [-0.2, 0) is 16.9 Å². The Hall–Kier alpha value is -0.530. The molecule has 5 nitrogen and oxygen atoms in total. The summed E-state index contributed by atoms with van der Waals surface area (Å²) in [6, 6.07) is 0.553. The maximum absolute atomic E-state index is 10.9. The summed E-state index contributed by atoms with van der Waals surface area (Å²) in [5.41, 5.74) is 0.148. The second kappa shape index (κ2) is 6.93. The van der Waals surface area contributed by atoms with Crippen LogP contribution < -0.4 is 0 Å². The van der Waals surface area contributed by atoms with E-state index in [1.165, 1.54) is 0 Å². The average Bonchev–Trinajstić information content (AvgIpc) is 2.98. The molecule has 6 heteroatoms. The second-order valence-electron chi connectivity index (χ2n) is 6.68. The topological polar surface area (TPSA) is 48.8 Å². The number of nitrogens with zero attached hydrogens (tertiary/aromatic N) is 3. The van der Waals surface area contributed by atoms with Crippen LogP contribution in [0.4, 0.5) is 0 Å². The van der Waals surface area contributed by atoms with Gasteiger partial charge in [-0.1, -0.05) is 0 Å². The van der Waals surface area contributed by atoms with Crippen LogP contribution in [0.15, 0.2) is 5.38 Å². The molecule has 1 N–H and O–H groups in total. The molecular formula is C16H27N3O2S. The number of thiazole rings is 1. The maximum atomic E-state index is 10.9. The molecule has 0 bridgehead atoms. The number of hydrogen-bond donors (Lipinski definition) is 1. The maximum Gasteiger partial charge on any atom is 0.110 e. The number of rotatable bonds is 4. The monoisotopic (exact) mass is 325 g/mol. The van der Waals surface area contributed by atoms with E-state index in [0.29, 0.717) is 6.04 Å². The Morgan fingerprint density at radius 2 is 1.95 bits per heavy atom. The van der Waals surface area contributed by atoms with Crippen molar-refractivity contribution >= 4 is 11.3 Å². The SMILES string of the molecule is CC(C)N1CCC(O)(c2csc(CN3CCOCC3)n2)CC1. The third-order valence-electron chi connectivity index (χ3n) is 4.85. The van der Waals surface area contributed by atoms with Crippen LogP contribution in [0.1, 0.15) is 37.4 Å². The minimum Gasteiger partial charge on any atom is -0.383 e. The molecule has 2 aliphatic heterocycles. The van der Waals surface area contributed by atoms with E-state index in [9.17, 15) is 5.11 Å². The summed E-state index contributed by atoms with van der Waals surface area (Å²) in [5.74, 6) is 0. The standard InChI is InChI=1S/C16H27N3O2S/c1-13(2)19-5-3-16(20,4-6-19)14-12-22-15(17-14)11-18-7-9-21-10-8-18/h12-13,20H,3-11H2,1-2H3. The predicted molar refractivity (Wildman–Crippen MR) is 88.0 cm³/mol. The molecule has 0 aliphatic carbocycles. The Balaban J connectivity index is 1.60. The van der Waals surface area contributed by atoms with Crippen molar-refractivity contribution in [1.82, 2.24) is 14.8 Å². The van der Waals surface area contributed by atoms with E-state index >= 15 is 0 Å². The van der Waals surface area contributed by atoms with Gasteiger partial charge in [0.15, 0.2) is 0 Å². The zero-order valence-electron chi connectivity index (χ0n) is 13.6. The van der Waals surface area contributed by atoms with Crippen LogP contribution >= 0.6 is 11.3 Å². The van der Waals surface area contributed by atoms with Crippen molar-refractivity contribution in [2.24, 2.45) is 0 Å². The van der Waals surface area contributed by atoms with Crippen LogP contribution in [0.25, 0.3) is 0 Å². The van der Waals surface area contributed by atoms with Gasteiger partial charge in [-0.2, -0.15) is 0 Å². The van der Waals surface area contributed by atoms with Crippen LogP contribution in [0.3, 0.4) is 0 Å². The van der Waals surface area contributed by atoms with Crippen molar-refractivity contribution in [3.05, 3.63) is 16.1 Å². The summed E-state index contributed by atoms with van der Waals surface area (Å²) in [5, 5.41) is 14.1. The molecule has 0 amide bonds. The Kier molecular flexibility index (Phi) is 5.14. The van der Waals surface area contributed by atoms with E-state index in [4.69, 9.17) is 9.72 Å². The lowest BCUT2D eigenvalue weighted by Gasteiger charge is -2.39. The Morgan fingerprint density at radius 1 is 1.27 bits per heavy atom. The predicted octanol–water partition coefficient (Wildman–Crippen LogP) is 1.67. The van der Waals surface area contributed by atoms with E-state index in [-0.39, 0.29) is 0 Å². The highest BCUT2D eigenvalue weighted by atomic mass is 32.1. The molecule has 2 saturated heterocycles. The molecule has 124 valence electrons. The van der Waals surface area contributed by atoms with Gasteiger partial charge in [-0.05, 0) is 26.7 Å². The molecule has 0 spiro atoms. The molecule has 1 aromatic rings. The van der Waals surface area contributed by atoms with E-state index in [0.717, 1.165) is 69.5 Å². The molecule has 0 atom stereocenters. The first kappa shape index (κ1) is 16.3. The number of hydrogen-bond acceptors (Lipinski definition) is 6. The lowest BCUT2D eigenvalue weighted by atomic mass is 9.88. The van der Waals surface area contributed by atoms with Gasteiger partial charge in [-0.3, -0.25) is 4.90 Å². The number of likely N-dealkylation sites (tertiary alicyclic amines) is 1. The van der Waals surface area contributed by atoms with Gasteiger partial charge in [0.25, 0.3) is 0 Å². The molecule has 0 saturated carbocycles. The van der Waals surface area contributed by atoms with E-state index < -0.39 is 5.60 Å². The van der Waals surface area contributed by atoms with Gasteiger partial charge < -0.3 is 14.7 Å². The van der Waals surface area contributed by atoms with Gasteiger partial charge in [0.05, 0.1) is 25.5 Å². The first-order valence-corrected chi connectivity index (χ1v) is 9.16. The molecule has 0 aromatic carbocycles. The summed E-state index contributed by atoms with van der Waals surface area (Å²) < 4.78 is 5.38. The largest absolute Gasteiger partial charge is 0.383 e.